The number of para-hydroxylation sites is 1. The minimum absolute atomic E-state index is 0.356. The third-order valence-electron chi connectivity index (χ3n) is 3.62. The largest absolute Gasteiger partial charge is 0.478 e. The fraction of sp³-hybridized carbons (Fsp3) is 0.118. The quantitative estimate of drug-likeness (QED) is 0.784. The van der Waals surface area contributed by atoms with Gasteiger partial charge >= 0.3 is 5.97 Å². The molecule has 1 heterocycles. The van der Waals surface area contributed by atoms with Gasteiger partial charge in [-0.25, -0.2) is 4.79 Å². The predicted molar refractivity (Wildman–Crippen MR) is 79.2 cm³/mol. The van der Waals surface area contributed by atoms with Gasteiger partial charge in [-0.3, -0.25) is 0 Å². The number of aromatic nitrogens is 1. The molecule has 0 atom stereocenters. The number of benzene rings is 2. The molecule has 0 saturated carbocycles. The number of hydrogen-bond donors (Lipinski definition) is 1. The molecule has 0 saturated heterocycles. The van der Waals surface area contributed by atoms with Crippen molar-refractivity contribution in [3.63, 3.8) is 0 Å². The zero-order chi connectivity index (χ0) is 14.1. The maximum atomic E-state index is 11.3. The third kappa shape index (κ3) is 2.07. The van der Waals surface area contributed by atoms with Crippen molar-refractivity contribution >= 4 is 16.9 Å². The molecule has 0 radical (unpaired) electrons. The van der Waals surface area contributed by atoms with Gasteiger partial charge in [-0.2, -0.15) is 0 Å². The van der Waals surface area contributed by atoms with Gasteiger partial charge in [0.25, 0.3) is 0 Å². The summed E-state index contributed by atoms with van der Waals surface area (Å²) in [7, 11) is 0. The van der Waals surface area contributed by atoms with Crippen molar-refractivity contribution in [1.29, 1.82) is 0 Å². The number of aromatic carboxylic acids is 1. The van der Waals surface area contributed by atoms with Gasteiger partial charge in [0.05, 0.1) is 5.56 Å². The molecular weight excluding hydrogens is 250 g/mol. The Balaban J connectivity index is 2.13. The van der Waals surface area contributed by atoms with Crippen LogP contribution in [0.3, 0.4) is 0 Å². The molecule has 3 heteroatoms. The summed E-state index contributed by atoms with van der Waals surface area (Å²) in [6, 6.07) is 15.8. The van der Waals surface area contributed by atoms with Crippen LogP contribution >= 0.6 is 0 Å². The fourth-order valence-electron chi connectivity index (χ4n) is 2.52. The summed E-state index contributed by atoms with van der Waals surface area (Å²) in [4.78, 5) is 11.3. The van der Waals surface area contributed by atoms with E-state index in [1.54, 1.807) is 6.20 Å². The highest BCUT2D eigenvalue weighted by Gasteiger charge is 2.13. The lowest BCUT2D eigenvalue weighted by molar-refractivity contribution is 0.0699. The maximum Gasteiger partial charge on any atom is 0.337 e. The number of aryl methyl sites for hydroxylation is 1. The summed E-state index contributed by atoms with van der Waals surface area (Å²) in [5.41, 5.74) is 3.72. The van der Waals surface area contributed by atoms with Crippen LogP contribution in [0.1, 0.15) is 21.5 Å². The highest BCUT2D eigenvalue weighted by molar-refractivity contribution is 6.03. The van der Waals surface area contributed by atoms with Crippen molar-refractivity contribution in [1.82, 2.24) is 4.57 Å². The van der Waals surface area contributed by atoms with Crippen LogP contribution < -0.4 is 0 Å². The van der Waals surface area contributed by atoms with Crippen molar-refractivity contribution in [2.45, 2.75) is 13.5 Å². The minimum Gasteiger partial charge on any atom is -0.478 e. The van der Waals surface area contributed by atoms with Gasteiger partial charge in [-0.05, 0) is 24.1 Å². The molecule has 100 valence electrons. The van der Waals surface area contributed by atoms with Crippen LogP contribution in [0.5, 0.6) is 0 Å². The second-order valence-corrected chi connectivity index (χ2v) is 4.92. The molecular formula is C17H15NO2. The number of nitrogens with zero attached hydrogens (tertiary/aromatic N) is 1. The molecule has 0 bridgehead atoms. The summed E-state index contributed by atoms with van der Waals surface area (Å²) >= 11 is 0. The van der Waals surface area contributed by atoms with E-state index < -0.39 is 5.97 Å². The molecule has 0 amide bonds. The van der Waals surface area contributed by atoms with Crippen LogP contribution in [0.15, 0.2) is 54.7 Å². The standard InChI is InChI=1S/C17H15NO2/c1-12-6-2-3-7-13(12)10-18-11-15(17(19)20)14-8-4-5-9-16(14)18/h2-9,11H,10H2,1H3,(H,19,20). The van der Waals surface area contributed by atoms with E-state index >= 15 is 0 Å². The highest BCUT2D eigenvalue weighted by atomic mass is 16.4. The normalized spacial score (nSPS) is 10.8. The van der Waals surface area contributed by atoms with Crippen LogP contribution in [0.4, 0.5) is 0 Å². The first-order chi connectivity index (χ1) is 9.66. The van der Waals surface area contributed by atoms with Crippen LogP contribution in [-0.4, -0.2) is 15.6 Å². The molecule has 20 heavy (non-hydrogen) atoms. The molecule has 3 nitrogen and oxygen atoms in total. The van der Waals surface area contributed by atoms with E-state index in [2.05, 4.69) is 19.1 Å². The first kappa shape index (κ1) is 12.5. The minimum atomic E-state index is -0.885. The van der Waals surface area contributed by atoms with Crippen molar-refractivity contribution in [3.05, 3.63) is 71.4 Å². The number of carboxylic acid groups (broad SMARTS) is 1. The molecule has 0 aliphatic rings. The van der Waals surface area contributed by atoms with Gasteiger partial charge in [0, 0.05) is 23.6 Å². The molecule has 0 aliphatic heterocycles. The lowest BCUT2D eigenvalue weighted by Gasteiger charge is -2.08. The zero-order valence-corrected chi connectivity index (χ0v) is 11.2. The first-order valence-electron chi connectivity index (χ1n) is 6.52. The second kappa shape index (κ2) is 4.85. The Morgan fingerprint density at radius 3 is 2.55 bits per heavy atom. The average Bonchev–Trinajstić information content (AvgIpc) is 2.81. The van der Waals surface area contributed by atoms with E-state index in [1.807, 2.05) is 41.0 Å². The smallest absolute Gasteiger partial charge is 0.337 e. The Labute approximate surface area is 117 Å². The molecule has 0 fully saturated rings. The van der Waals surface area contributed by atoms with Gasteiger partial charge in [-0.1, -0.05) is 42.5 Å². The summed E-state index contributed by atoms with van der Waals surface area (Å²) < 4.78 is 2.00. The van der Waals surface area contributed by atoms with Crippen LogP contribution in [0.2, 0.25) is 0 Å². The van der Waals surface area contributed by atoms with Gasteiger partial charge in [0.1, 0.15) is 0 Å². The van der Waals surface area contributed by atoms with Crippen LogP contribution in [0, 0.1) is 6.92 Å². The summed E-state index contributed by atoms with van der Waals surface area (Å²) in [6.07, 6.45) is 1.72. The molecule has 1 aromatic heterocycles. The Morgan fingerprint density at radius 1 is 1.10 bits per heavy atom. The van der Waals surface area contributed by atoms with Gasteiger partial charge in [-0.15, -0.1) is 0 Å². The summed E-state index contributed by atoms with van der Waals surface area (Å²) in [5.74, 6) is -0.885. The molecule has 3 aromatic rings. The number of rotatable bonds is 3. The maximum absolute atomic E-state index is 11.3. The number of carbonyl (C=O) groups is 1. The molecule has 3 rings (SSSR count). The van der Waals surface area contributed by atoms with E-state index in [0.29, 0.717) is 12.1 Å². The second-order valence-electron chi connectivity index (χ2n) is 4.92. The van der Waals surface area contributed by atoms with Gasteiger partial charge < -0.3 is 9.67 Å². The fourth-order valence-corrected chi connectivity index (χ4v) is 2.52. The Morgan fingerprint density at radius 2 is 1.80 bits per heavy atom. The Hall–Kier alpha value is -2.55. The average molecular weight is 265 g/mol. The Kier molecular flexibility index (Phi) is 3.03. The van der Waals surface area contributed by atoms with E-state index in [0.717, 1.165) is 10.9 Å². The van der Waals surface area contributed by atoms with Crippen molar-refractivity contribution < 1.29 is 9.90 Å². The summed E-state index contributed by atoms with van der Waals surface area (Å²) in [5, 5.41) is 10.1. The van der Waals surface area contributed by atoms with E-state index in [-0.39, 0.29) is 0 Å². The lowest BCUT2D eigenvalue weighted by Crippen LogP contribution is -2.00. The van der Waals surface area contributed by atoms with E-state index in [1.165, 1.54) is 11.1 Å². The van der Waals surface area contributed by atoms with Crippen LogP contribution in [0.25, 0.3) is 10.9 Å². The van der Waals surface area contributed by atoms with Crippen LogP contribution in [-0.2, 0) is 6.54 Å². The third-order valence-corrected chi connectivity index (χ3v) is 3.62. The van der Waals surface area contributed by atoms with Crippen molar-refractivity contribution in [2.24, 2.45) is 0 Å². The molecule has 2 aromatic carbocycles. The highest BCUT2D eigenvalue weighted by Crippen LogP contribution is 2.23. The zero-order valence-electron chi connectivity index (χ0n) is 11.2. The number of hydrogen-bond acceptors (Lipinski definition) is 1. The topological polar surface area (TPSA) is 42.2 Å². The monoisotopic (exact) mass is 265 g/mol. The Bertz CT molecular complexity index is 787. The molecule has 0 unspecified atom stereocenters. The van der Waals surface area contributed by atoms with E-state index in [9.17, 15) is 9.90 Å². The van der Waals surface area contributed by atoms with Gasteiger partial charge in [0.15, 0.2) is 0 Å². The predicted octanol–water partition coefficient (Wildman–Crippen LogP) is 3.70. The molecule has 0 spiro atoms. The number of carboxylic acids is 1. The summed E-state index contributed by atoms with van der Waals surface area (Å²) in [6.45, 7) is 2.75. The number of fused-ring (bicyclic) bond motifs is 1. The van der Waals surface area contributed by atoms with Gasteiger partial charge in [0.2, 0.25) is 0 Å². The SMILES string of the molecule is Cc1ccccc1Cn1cc(C(=O)O)c2ccccc21. The van der Waals surface area contributed by atoms with Crippen molar-refractivity contribution in [3.8, 4) is 0 Å². The first-order valence-corrected chi connectivity index (χ1v) is 6.52. The lowest BCUT2D eigenvalue weighted by atomic mass is 10.1. The molecule has 1 N–H and O–H groups in total. The molecule has 0 aliphatic carbocycles. The van der Waals surface area contributed by atoms with Crippen molar-refractivity contribution in [2.75, 3.05) is 0 Å². The van der Waals surface area contributed by atoms with E-state index in [4.69, 9.17) is 0 Å².